The first-order valence-electron chi connectivity index (χ1n) is 9.22. The minimum Gasteiger partial charge on any atom is -0.348 e. The molecule has 0 saturated carbocycles. The van der Waals surface area contributed by atoms with Crippen LogP contribution in [-0.2, 0) is 17.9 Å². The second-order valence-electron chi connectivity index (χ2n) is 6.84. The van der Waals surface area contributed by atoms with Crippen molar-refractivity contribution in [3.63, 3.8) is 0 Å². The van der Waals surface area contributed by atoms with Crippen molar-refractivity contribution in [2.75, 3.05) is 0 Å². The van der Waals surface area contributed by atoms with Gasteiger partial charge in [0.1, 0.15) is 0 Å². The van der Waals surface area contributed by atoms with Gasteiger partial charge in [0.25, 0.3) is 0 Å². The van der Waals surface area contributed by atoms with Crippen LogP contribution in [-0.4, -0.2) is 15.7 Å². The third-order valence-electron chi connectivity index (χ3n) is 4.49. The van der Waals surface area contributed by atoms with Gasteiger partial charge in [0.05, 0.1) is 6.54 Å². The van der Waals surface area contributed by atoms with Gasteiger partial charge in [0.2, 0.25) is 5.91 Å². The average molecular weight is 359 g/mol. The Kier molecular flexibility index (Phi) is 6.21. The van der Waals surface area contributed by atoms with E-state index in [0.29, 0.717) is 19.0 Å². The molecule has 4 nitrogen and oxygen atoms in total. The summed E-state index contributed by atoms with van der Waals surface area (Å²) in [7, 11) is 0. The Labute approximate surface area is 160 Å². The van der Waals surface area contributed by atoms with Crippen molar-refractivity contribution in [2.45, 2.75) is 32.9 Å². The van der Waals surface area contributed by atoms with Crippen molar-refractivity contribution in [3.05, 3.63) is 95.3 Å². The lowest BCUT2D eigenvalue weighted by atomic mass is 10.0. The van der Waals surface area contributed by atoms with E-state index in [4.69, 9.17) is 0 Å². The first kappa shape index (κ1) is 18.6. The van der Waals surface area contributed by atoms with Crippen LogP contribution in [0.3, 0.4) is 0 Å². The highest BCUT2D eigenvalue weighted by molar-refractivity contribution is 5.91. The topological polar surface area (TPSA) is 46.9 Å². The van der Waals surface area contributed by atoms with Crippen LogP contribution in [0.25, 0.3) is 6.08 Å². The number of nitrogens with one attached hydrogen (secondary N) is 1. The molecule has 0 aliphatic carbocycles. The van der Waals surface area contributed by atoms with Gasteiger partial charge in [0, 0.05) is 25.0 Å². The molecular weight excluding hydrogens is 334 g/mol. The number of carbonyl (C=O) groups excluding carboxylic acids is 1. The number of nitrogens with zero attached hydrogens (tertiary/aromatic N) is 2. The minimum absolute atomic E-state index is 0.100. The van der Waals surface area contributed by atoms with Crippen molar-refractivity contribution < 1.29 is 4.79 Å². The molecule has 0 bridgehead atoms. The SMILES string of the molecule is CC(C)c1ccc(/C=C/C(=O)NCc2ccccc2Cn2cccn2)cc1. The summed E-state index contributed by atoms with van der Waals surface area (Å²) >= 11 is 0. The maximum absolute atomic E-state index is 12.2. The molecule has 1 aromatic heterocycles. The zero-order chi connectivity index (χ0) is 19.1. The molecule has 0 aliphatic heterocycles. The van der Waals surface area contributed by atoms with Gasteiger partial charge in [-0.15, -0.1) is 0 Å². The largest absolute Gasteiger partial charge is 0.348 e. The molecule has 2 aromatic carbocycles. The van der Waals surface area contributed by atoms with E-state index in [0.717, 1.165) is 16.7 Å². The summed E-state index contributed by atoms with van der Waals surface area (Å²) in [5, 5.41) is 7.21. The fourth-order valence-electron chi connectivity index (χ4n) is 2.86. The van der Waals surface area contributed by atoms with Gasteiger partial charge in [-0.25, -0.2) is 0 Å². The maximum atomic E-state index is 12.2. The van der Waals surface area contributed by atoms with Crippen LogP contribution in [0.15, 0.2) is 73.1 Å². The van der Waals surface area contributed by atoms with Crippen molar-refractivity contribution in [3.8, 4) is 0 Å². The molecule has 3 rings (SSSR count). The number of rotatable bonds is 7. The molecule has 0 fully saturated rings. The van der Waals surface area contributed by atoms with Crippen LogP contribution in [0, 0.1) is 0 Å². The predicted octanol–water partition coefficient (Wildman–Crippen LogP) is 4.38. The Balaban J connectivity index is 1.57. The standard InChI is InChI=1S/C23H25N3O/c1-18(2)20-11-8-19(9-12-20)10-13-23(27)24-16-21-6-3-4-7-22(21)17-26-15-5-14-25-26/h3-15,18H,16-17H2,1-2H3,(H,24,27)/b13-10+. The lowest BCUT2D eigenvalue weighted by Gasteiger charge is -2.10. The molecule has 0 saturated heterocycles. The molecule has 0 atom stereocenters. The van der Waals surface area contributed by atoms with Crippen molar-refractivity contribution >= 4 is 12.0 Å². The normalized spacial score (nSPS) is 11.2. The van der Waals surface area contributed by atoms with Gasteiger partial charge in [-0.05, 0) is 40.3 Å². The maximum Gasteiger partial charge on any atom is 0.244 e. The highest BCUT2D eigenvalue weighted by Crippen LogP contribution is 2.15. The molecular formula is C23H25N3O. The van der Waals surface area contributed by atoms with E-state index < -0.39 is 0 Å². The quantitative estimate of drug-likeness (QED) is 0.636. The molecule has 3 aromatic rings. The Morgan fingerprint density at radius 2 is 1.81 bits per heavy atom. The molecule has 0 radical (unpaired) electrons. The first-order valence-corrected chi connectivity index (χ1v) is 9.22. The smallest absolute Gasteiger partial charge is 0.244 e. The van der Waals surface area contributed by atoms with Gasteiger partial charge in [-0.1, -0.05) is 62.4 Å². The number of aromatic nitrogens is 2. The van der Waals surface area contributed by atoms with Gasteiger partial charge in [-0.3, -0.25) is 9.48 Å². The fourth-order valence-corrected chi connectivity index (χ4v) is 2.86. The lowest BCUT2D eigenvalue weighted by Crippen LogP contribution is -2.21. The highest BCUT2D eigenvalue weighted by atomic mass is 16.1. The zero-order valence-corrected chi connectivity index (χ0v) is 15.8. The molecule has 1 amide bonds. The first-order chi connectivity index (χ1) is 13.1. The summed E-state index contributed by atoms with van der Waals surface area (Å²) in [5.41, 5.74) is 4.56. The van der Waals surface area contributed by atoms with E-state index in [1.54, 1.807) is 12.3 Å². The lowest BCUT2D eigenvalue weighted by molar-refractivity contribution is -0.116. The molecule has 0 aliphatic rings. The average Bonchev–Trinajstić information content (AvgIpc) is 3.19. The van der Waals surface area contributed by atoms with Crippen LogP contribution in [0.1, 0.15) is 42.0 Å². The van der Waals surface area contributed by atoms with Gasteiger partial charge in [-0.2, -0.15) is 5.10 Å². The van der Waals surface area contributed by atoms with Gasteiger partial charge in [0.15, 0.2) is 0 Å². The van der Waals surface area contributed by atoms with Gasteiger partial charge >= 0.3 is 0 Å². The fraction of sp³-hybridized carbons (Fsp3) is 0.217. The summed E-state index contributed by atoms with van der Waals surface area (Å²) in [5.74, 6) is 0.407. The molecule has 4 heteroatoms. The molecule has 27 heavy (non-hydrogen) atoms. The Morgan fingerprint density at radius 1 is 1.07 bits per heavy atom. The van der Waals surface area contributed by atoms with Crippen LogP contribution in [0.4, 0.5) is 0 Å². The zero-order valence-electron chi connectivity index (χ0n) is 15.8. The minimum atomic E-state index is -0.100. The van der Waals surface area contributed by atoms with Crippen molar-refractivity contribution in [1.29, 1.82) is 0 Å². The summed E-state index contributed by atoms with van der Waals surface area (Å²) in [6.07, 6.45) is 7.13. The second-order valence-corrected chi connectivity index (χ2v) is 6.84. The summed E-state index contributed by atoms with van der Waals surface area (Å²) in [6, 6.07) is 18.3. The number of hydrogen-bond donors (Lipinski definition) is 1. The Hall–Kier alpha value is -3.14. The molecule has 1 heterocycles. The van der Waals surface area contributed by atoms with E-state index >= 15 is 0 Å². The molecule has 0 unspecified atom stereocenters. The number of carbonyl (C=O) groups is 1. The number of benzene rings is 2. The van der Waals surface area contributed by atoms with Crippen LogP contribution >= 0.6 is 0 Å². The second kappa shape index (κ2) is 8.99. The van der Waals surface area contributed by atoms with Crippen LogP contribution in [0.5, 0.6) is 0 Å². The van der Waals surface area contributed by atoms with E-state index in [-0.39, 0.29) is 5.91 Å². The third kappa shape index (κ3) is 5.42. The molecule has 1 N–H and O–H groups in total. The Bertz CT molecular complexity index is 894. The monoisotopic (exact) mass is 359 g/mol. The third-order valence-corrected chi connectivity index (χ3v) is 4.49. The van der Waals surface area contributed by atoms with Gasteiger partial charge < -0.3 is 5.32 Å². The van der Waals surface area contributed by atoms with E-state index in [1.165, 1.54) is 5.56 Å². The number of hydrogen-bond acceptors (Lipinski definition) is 2. The van der Waals surface area contributed by atoms with Crippen LogP contribution < -0.4 is 5.32 Å². The predicted molar refractivity (Wildman–Crippen MR) is 109 cm³/mol. The molecule has 0 spiro atoms. The van der Waals surface area contributed by atoms with E-state index in [9.17, 15) is 4.79 Å². The van der Waals surface area contributed by atoms with Crippen molar-refractivity contribution in [2.24, 2.45) is 0 Å². The van der Waals surface area contributed by atoms with E-state index in [1.807, 2.05) is 53.4 Å². The highest BCUT2D eigenvalue weighted by Gasteiger charge is 2.04. The summed E-state index contributed by atoms with van der Waals surface area (Å²) in [4.78, 5) is 12.2. The van der Waals surface area contributed by atoms with Crippen LogP contribution in [0.2, 0.25) is 0 Å². The molecule has 138 valence electrons. The van der Waals surface area contributed by atoms with Crippen molar-refractivity contribution in [1.82, 2.24) is 15.1 Å². The summed E-state index contributed by atoms with van der Waals surface area (Å²) in [6.45, 7) is 5.52. The Morgan fingerprint density at radius 3 is 2.48 bits per heavy atom. The summed E-state index contributed by atoms with van der Waals surface area (Å²) < 4.78 is 1.88. The van der Waals surface area contributed by atoms with E-state index in [2.05, 4.69) is 42.5 Å². The number of amides is 1.